The molecule has 6 nitrogen and oxygen atoms in total. The van der Waals surface area contributed by atoms with Crippen molar-refractivity contribution < 1.29 is 14.3 Å². The minimum Gasteiger partial charge on any atom is -0.371 e. The van der Waals surface area contributed by atoms with E-state index in [0.29, 0.717) is 32.8 Å². The average Bonchev–Trinajstić information content (AvgIpc) is 2.94. The first-order valence-corrected chi connectivity index (χ1v) is 8.10. The number of imide groups is 1. The van der Waals surface area contributed by atoms with Crippen LogP contribution in [0.2, 0.25) is 0 Å². The van der Waals surface area contributed by atoms with Crippen LogP contribution in [0, 0.1) is 0 Å². The van der Waals surface area contributed by atoms with Gasteiger partial charge in [0, 0.05) is 30.7 Å². The normalized spacial score (nSPS) is 22.7. The van der Waals surface area contributed by atoms with Crippen LogP contribution >= 0.6 is 15.9 Å². The molecule has 22 heavy (non-hydrogen) atoms. The average molecular weight is 368 g/mol. The summed E-state index contributed by atoms with van der Waals surface area (Å²) in [7, 11) is 0. The number of nitrogens with one attached hydrogen (secondary N) is 1. The van der Waals surface area contributed by atoms with E-state index in [0.717, 1.165) is 10.0 Å². The van der Waals surface area contributed by atoms with Crippen LogP contribution < -0.4 is 5.32 Å². The molecular formula is C15H18BrN3O3. The third-order valence-electron chi connectivity index (χ3n) is 3.91. The summed E-state index contributed by atoms with van der Waals surface area (Å²) in [6, 6.07) is 7.72. The van der Waals surface area contributed by atoms with Gasteiger partial charge in [0.15, 0.2) is 0 Å². The number of benzene rings is 1. The van der Waals surface area contributed by atoms with Crippen LogP contribution in [0.4, 0.5) is 4.79 Å². The van der Waals surface area contributed by atoms with Crippen LogP contribution in [0.5, 0.6) is 0 Å². The van der Waals surface area contributed by atoms with Gasteiger partial charge in [0.05, 0.1) is 19.3 Å². The zero-order valence-electron chi connectivity index (χ0n) is 12.1. The number of morpholine rings is 1. The molecule has 2 aliphatic rings. The molecule has 1 N–H and O–H groups in total. The number of amides is 3. The second kappa shape index (κ2) is 6.76. The van der Waals surface area contributed by atoms with Crippen LogP contribution in [0.25, 0.3) is 0 Å². The van der Waals surface area contributed by atoms with Gasteiger partial charge in [0.1, 0.15) is 0 Å². The Hall–Kier alpha value is -1.44. The fourth-order valence-electron chi connectivity index (χ4n) is 2.71. The molecule has 0 saturated carbocycles. The van der Waals surface area contributed by atoms with Crippen molar-refractivity contribution in [2.24, 2.45) is 0 Å². The zero-order chi connectivity index (χ0) is 15.5. The molecule has 1 aromatic rings. The van der Waals surface area contributed by atoms with E-state index in [1.54, 1.807) is 0 Å². The van der Waals surface area contributed by atoms with Crippen LogP contribution in [0.1, 0.15) is 11.7 Å². The lowest BCUT2D eigenvalue weighted by molar-refractivity contribution is -0.130. The lowest BCUT2D eigenvalue weighted by Crippen LogP contribution is -2.46. The third kappa shape index (κ3) is 3.48. The molecule has 0 bridgehead atoms. The summed E-state index contributed by atoms with van der Waals surface area (Å²) in [4.78, 5) is 27.0. The summed E-state index contributed by atoms with van der Waals surface area (Å²) in [5, 5.41) is 2.65. The molecule has 1 unspecified atom stereocenters. The molecule has 118 valence electrons. The van der Waals surface area contributed by atoms with Crippen LogP contribution in [0.15, 0.2) is 28.7 Å². The summed E-state index contributed by atoms with van der Waals surface area (Å²) >= 11 is 3.42. The highest BCUT2D eigenvalue weighted by atomic mass is 79.9. The van der Waals surface area contributed by atoms with Crippen molar-refractivity contribution in [3.63, 3.8) is 0 Å². The second-order valence-electron chi connectivity index (χ2n) is 5.42. The van der Waals surface area contributed by atoms with E-state index in [-0.39, 0.29) is 24.6 Å². The Labute approximate surface area is 137 Å². The predicted octanol–water partition coefficient (Wildman–Crippen LogP) is 1.37. The Kier molecular flexibility index (Phi) is 4.75. The van der Waals surface area contributed by atoms with Gasteiger partial charge in [0.2, 0.25) is 5.91 Å². The van der Waals surface area contributed by atoms with Crippen molar-refractivity contribution in [3.8, 4) is 0 Å². The molecule has 1 aromatic carbocycles. The molecule has 2 aliphatic heterocycles. The maximum atomic E-state index is 12.2. The SMILES string of the molecule is O=C(CN1CCOC(c2ccc(Br)cc2)C1)N1CCNC1=O. The van der Waals surface area contributed by atoms with Crippen molar-refractivity contribution >= 4 is 27.9 Å². The van der Waals surface area contributed by atoms with E-state index in [1.807, 2.05) is 29.2 Å². The summed E-state index contributed by atoms with van der Waals surface area (Å²) < 4.78 is 6.83. The fraction of sp³-hybridized carbons (Fsp3) is 0.467. The second-order valence-corrected chi connectivity index (χ2v) is 6.34. The number of carbonyl (C=O) groups excluding carboxylic acids is 2. The molecule has 2 heterocycles. The predicted molar refractivity (Wildman–Crippen MR) is 84.4 cm³/mol. The Morgan fingerprint density at radius 3 is 2.77 bits per heavy atom. The van der Waals surface area contributed by atoms with Gasteiger partial charge in [-0.25, -0.2) is 4.79 Å². The number of rotatable bonds is 3. The molecule has 0 aromatic heterocycles. The van der Waals surface area contributed by atoms with E-state index < -0.39 is 0 Å². The third-order valence-corrected chi connectivity index (χ3v) is 4.44. The molecule has 1 atom stereocenters. The van der Waals surface area contributed by atoms with Gasteiger partial charge < -0.3 is 10.1 Å². The highest BCUT2D eigenvalue weighted by molar-refractivity contribution is 9.10. The van der Waals surface area contributed by atoms with E-state index in [2.05, 4.69) is 21.2 Å². The van der Waals surface area contributed by atoms with Crippen molar-refractivity contribution in [1.82, 2.24) is 15.1 Å². The highest BCUT2D eigenvalue weighted by Gasteiger charge is 2.29. The summed E-state index contributed by atoms with van der Waals surface area (Å²) in [6.45, 7) is 3.19. The van der Waals surface area contributed by atoms with Crippen molar-refractivity contribution in [3.05, 3.63) is 34.3 Å². The first-order chi connectivity index (χ1) is 10.6. The topological polar surface area (TPSA) is 61.9 Å². The van der Waals surface area contributed by atoms with Crippen molar-refractivity contribution in [2.75, 3.05) is 39.3 Å². The first kappa shape index (κ1) is 15.5. The van der Waals surface area contributed by atoms with Gasteiger partial charge in [-0.05, 0) is 17.7 Å². The highest BCUT2D eigenvalue weighted by Crippen LogP contribution is 2.23. The van der Waals surface area contributed by atoms with Crippen molar-refractivity contribution in [1.29, 1.82) is 0 Å². The molecule has 2 saturated heterocycles. The van der Waals surface area contributed by atoms with Crippen LogP contribution in [0.3, 0.4) is 0 Å². The van der Waals surface area contributed by atoms with Gasteiger partial charge in [-0.2, -0.15) is 0 Å². The van der Waals surface area contributed by atoms with Gasteiger partial charge in [-0.15, -0.1) is 0 Å². The minimum absolute atomic E-state index is 0.0398. The summed E-state index contributed by atoms with van der Waals surface area (Å²) in [6.07, 6.45) is -0.0398. The monoisotopic (exact) mass is 367 g/mol. The van der Waals surface area contributed by atoms with Crippen molar-refractivity contribution in [2.45, 2.75) is 6.10 Å². The standard InChI is InChI=1S/C15H18BrN3O3/c16-12-3-1-11(2-4-12)13-9-18(7-8-22-13)10-14(20)19-6-5-17-15(19)21/h1-4,13H,5-10H2,(H,17,21). The number of urea groups is 1. The molecular weight excluding hydrogens is 350 g/mol. The lowest BCUT2D eigenvalue weighted by atomic mass is 10.1. The maximum Gasteiger partial charge on any atom is 0.324 e. The maximum absolute atomic E-state index is 12.2. The van der Waals surface area contributed by atoms with E-state index >= 15 is 0 Å². The smallest absolute Gasteiger partial charge is 0.324 e. The number of nitrogens with zero attached hydrogens (tertiary/aromatic N) is 2. The molecule has 3 amide bonds. The van der Waals surface area contributed by atoms with Crippen LogP contribution in [-0.4, -0.2) is 61.1 Å². The number of hydrogen-bond donors (Lipinski definition) is 1. The molecule has 0 spiro atoms. The molecule has 0 aliphatic carbocycles. The zero-order valence-corrected chi connectivity index (χ0v) is 13.7. The van der Waals surface area contributed by atoms with Gasteiger partial charge in [-0.1, -0.05) is 28.1 Å². The molecule has 3 rings (SSSR count). The van der Waals surface area contributed by atoms with E-state index in [4.69, 9.17) is 4.74 Å². The number of hydrogen-bond acceptors (Lipinski definition) is 4. The number of halogens is 1. The Balaban J connectivity index is 1.59. The number of carbonyl (C=O) groups is 2. The number of ether oxygens (including phenoxy) is 1. The first-order valence-electron chi connectivity index (χ1n) is 7.31. The van der Waals surface area contributed by atoms with Gasteiger partial charge in [0.25, 0.3) is 0 Å². The molecule has 0 radical (unpaired) electrons. The van der Waals surface area contributed by atoms with E-state index in [9.17, 15) is 9.59 Å². The Morgan fingerprint density at radius 1 is 1.32 bits per heavy atom. The minimum atomic E-state index is -0.289. The van der Waals surface area contributed by atoms with Gasteiger partial charge >= 0.3 is 6.03 Å². The largest absolute Gasteiger partial charge is 0.371 e. The quantitative estimate of drug-likeness (QED) is 0.876. The van der Waals surface area contributed by atoms with E-state index in [1.165, 1.54) is 4.90 Å². The molecule has 7 heteroatoms. The Bertz CT molecular complexity index is 564. The van der Waals surface area contributed by atoms with Gasteiger partial charge in [-0.3, -0.25) is 14.6 Å². The lowest BCUT2D eigenvalue weighted by Gasteiger charge is -2.33. The summed E-state index contributed by atoms with van der Waals surface area (Å²) in [5.74, 6) is -0.147. The fourth-order valence-corrected chi connectivity index (χ4v) is 2.98. The van der Waals surface area contributed by atoms with Crippen LogP contribution in [-0.2, 0) is 9.53 Å². The molecule has 2 fully saturated rings. The Morgan fingerprint density at radius 2 is 2.09 bits per heavy atom. The summed E-state index contributed by atoms with van der Waals surface area (Å²) in [5.41, 5.74) is 1.10.